The summed E-state index contributed by atoms with van der Waals surface area (Å²) in [5.41, 5.74) is 2.28. The molecule has 0 saturated heterocycles. The van der Waals surface area contributed by atoms with Crippen LogP contribution >= 0.6 is 0 Å². The topological polar surface area (TPSA) is 33.5 Å². The number of carbonyl (C=O) groups excluding carboxylic acids is 1. The summed E-state index contributed by atoms with van der Waals surface area (Å²) in [4.78, 5) is 10.8. The first-order valence-electron chi connectivity index (χ1n) is 6.56. The first kappa shape index (κ1) is 16.2. The molecule has 18 heavy (non-hydrogen) atoms. The molecule has 2 heterocycles. The van der Waals surface area contributed by atoms with E-state index in [0.717, 1.165) is 11.1 Å². The molecule has 3 nitrogen and oxygen atoms in total. The van der Waals surface area contributed by atoms with Gasteiger partial charge >= 0.3 is 0 Å². The van der Waals surface area contributed by atoms with Crippen molar-refractivity contribution in [3.63, 3.8) is 0 Å². The SMILES string of the molecule is CC.CC.CC(=O)NCc1ccn2ccccc12. The number of nitrogens with one attached hydrogen (secondary N) is 1. The van der Waals surface area contributed by atoms with E-state index in [0.29, 0.717) is 6.54 Å². The molecule has 0 atom stereocenters. The van der Waals surface area contributed by atoms with Crippen LogP contribution in [-0.2, 0) is 11.3 Å². The number of nitrogens with zero attached hydrogens (tertiary/aromatic N) is 1. The maximum absolute atomic E-state index is 10.8. The van der Waals surface area contributed by atoms with Gasteiger partial charge in [0, 0.05) is 31.4 Å². The normalized spacial score (nSPS) is 8.72. The van der Waals surface area contributed by atoms with Crippen LogP contribution in [0.3, 0.4) is 0 Å². The zero-order chi connectivity index (χ0) is 14.0. The maximum atomic E-state index is 10.8. The Bertz CT molecular complexity index is 460. The van der Waals surface area contributed by atoms with E-state index in [4.69, 9.17) is 0 Å². The Balaban J connectivity index is 0.000000659. The third-order valence-corrected chi connectivity index (χ3v) is 2.18. The standard InChI is InChI=1S/C11H12N2O.2C2H6/c1-9(14)12-8-10-5-7-13-6-3-2-4-11(10)13;2*1-2/h2-7H,8H2,1H3,(H,12,14);2*1-2H3. The number of aromatic nitrogens is 1. The second kappa shape index (κ2) is 9.28. The molecule has 0 aliphatic carbocycles. The summed E-state index contributed by atoms with van der Waals surface area (Å²) < 4.78 is 2.04. The van der Waals surface area contributed by atoms with Gasteiger partial charge in [0.05, 0.1) is 0 Å². The van der Waals surface area contributed by atoms with Crippen molar-refractivity contribution in [1.82, 2.24) is 9.72 Å². The van der Waals surface area contributed by atoms with Crippen molar-refractivity contribution in [3.8, 4) is 0 Å². The lowest BCUT2D eigenvalue weighted by atomic mass is 10.2. The Morgan fingerprint density at radius 1 is 1.11 bits per heavy atom. The predicted octanol–water partition coefficient (Wildman–Crippen LogP) is 3.63. The van der Waals surface area contributed by atoms with Gasteiger partial charge in [-0.2, -0.15) is 0 Å². The molecule has 0 spiro atoms. The van der Waals surface area contributed by atoms with Gasteiger partial charge in [0.1, 0.15) is 0 Å². The van der Waals surface area contributed by atoms with E-state index in [1.165, 1.54) is 6.92 Å². The van der Waals surface area contributed by atoms with Crippen molar-refractivity contribution in [3.05, 3.63) is 42.2 Å². The van der Waals surface area contributed by atoms with E-state index in [1.807, 2.05) is 68.8 Å². The summed E-state index contributed by atoms with van der Waals surface area (Å²) in [6.07, 6.45) is 3.99. The van der Waals surface area contributed by atoms with Crippen LogP contribution < -0.4 is 5.32 Å². The van der Waals surface area contributed by atoms with Gasteiger partial charge < -0.3 is 9.72 Å². The highest BCUT2D eigenvalue weighted by molar-refractivity contribution is 5.73. The molecule has 0 aromatic carbocycles. The summed E-state index contributed by atoms with van der Waals surface area (Å²) in [6.45, 7) is 10.1. The lowest BCUT2D eigenvalue weighted by Gasteiger charge is -2.00. The zero-order valence-corrected chi connectivity index (χ0v) is 12.0. The van der Waals surface area contributed by atoms with Gasteiger partial charge in [-0.1, -0.05) is 33.8 Å². The summed E-state index contributed by atoms with van der Waals surface area (Å²) in [6, 6.07) is 8.03. The fourth-order valence-electron chi connectivity index (χ4n) is 1.48. The summed E-state index contributed by atoms with van der Waals surface area (Å²) in [5.74, 6) is 0.000260. The van der Waals surface area contributed by atoms with Crippen LogP contribution in [0.2, 0.25) is 0 Å². The fraction of sp³-hybridized carbons (Fsp3) is 0.400. The Kier molecular flexibility index (Phi) is 8.37. The summed E-state index contributed by atoms with van der Waals surface area (Å²) in [5, 5.41) is 2.79. The quantitative estimate of drug-likeness (QED) is 0.865. The molecule has 100 valence electrons. The van der Waals surface area contributed by atoms with Gasteiger partial charge in [0.15, 0.2) is 0 Å². The van der Waals surface area contributed by atoms with E-state index in [-0.39, 0.29) is 5.91 Å². The van der Waals surface area contributed by atoms with Crippen LogP contribution in [0.1, 0.15) is 40.2 Å². The zero-order valence-electron chi connectivity index (χ0n) is 12.0. The molecular formula is C15H24N2O. The van der Waals surface area contributed by atoms with Gasteiger partial charge in [0.25, 0.3) is 0 Å². The van der Waals surface area contributed by atoms with Gasteiger partial charge in [-0.3, -0.25) is 4.79 Å². The van der Waals surface area contributed by atoms with Crippen LogP contribution in [0.25, 0.3) is 5.52 Å². The minimum atomic E-state index is 0.000260. The molecule has 2 aromatic rings. The van der Waals surface area contributed by atoms with Crippen molar-refractivity contribution >= 4 is 11.4 Å². The van der Waals surface area contributed by atoms with E-state index in [2.05, 4.69) is 5.32 Å². The Morgan fingerprint density at radius 3 is 2.39 bits per heavy atom. The Morgan fingerprint density at radius 2 is 1.78 bits per heavy atom. The summed E-state index contributed by atoms with van der Waals surface area (Å²) >= 11 is 0. The van der Waals surface area contributed by atoms with E-state index >= 15 is 0 Å². The monoisotopic (exact) mass is 248 g/mol. The highest BCUT2D eigenvalue weighted by Crippen LogP contribution is 2.11. The Labute approximate surface area is 110 Å². The molecule has 0 saturated carbocycles. The van der Waals surface area contributed by atoms with Crippen molar-refractivity contribution < 1.29 is 4.79 Å². The number of rotatable bonds is 2. The molecule has 0 bridgehead atoms. The van der Waals surface area contributed by atoms with Crippen molar-refractivity contribution in [2.24, 2.45) is 0 Å². The molecule has 2 aromatic heterocycles. The average Bonchev–Trinajstić information content (AvgIpc) is 2.84. The molecule has 0 aliphatic rings. The Hall–Kier alpha value is -1.77. The molecule has 0 aliphatic heterocycles. The lowest BCUT2D eigenvalue weighted by molar-refractivity contribution is -0.119. The van der Waals surface area contributed by atoms with Crippen molar-refractivity contribution in [2.75, 3.05) is 0 Å². The van der Waals surface area contributed by atoms with Gasteiger partial charge in [-0.25, -0.2) is 0 Å². The fourth-order valence-corrected chi connectivity index (χ4v) is 1.48. The second-order valence-electron chi connectivity index (χ2n) is 3.24. The van der Waals surface area contributed by atoms with Crippen molar-refractivity contribution in [1.29, 1.82) is 0 Å². The molecule has 2 rings (SSSR count). The second-order valence-corrected chi connectivity index (χ2v) is 3.24. The van der Waals surface area contributed by atoms with Gasteiger partial charge in [0.2, 0.25) is 5.91 Å². The average molecular weight is 248 g/mol. The number of hydrogen-bond donors (Lipinski definition) is 1. The molecule has 1 amide bonds. The number of pyridine rings is 1. The number of fused-ring (bicyclic) bond motifs is 1. The van der Waals surface area contributed by atoms with Crippen LogP contribution in [0.4, 0.5) is 0 Å². The molecule has 0 radical (unpaired) electrons. The van der Waals surface area contributed by atoms with Crippen LogP contribution in [0, 0.1) is 0 Å². The molecule has 0 fully saturated rings. The highest BCUT2D eigenvalue weighted by atomic mass is 16.1. The van der Waals surface area contributed by atoms with E-state index in [9.17, 15) is 4.79 Å². The lowest BCUT2D eigenvalue weighted by Crippen LogP contribution is -2.18. The summed E-state index contributed by atoms with van der Waals surface area (Å²) in [7, 11) is 0. The third-order valence-electron chi connectivity index (χ3n) is 2.18. The molecule has 3 heteroatoms. The smallest absolute Gasteiger partial charge is 0.217 e. The minimum absolute atomic E-state index is 0.000260. The molecular weight excluding hydrogens is 224 g/mol. The van der Waals surface area contributed by atoms with Crippen molar-refractivity contribution in [2.45, 2.75) is 41.2 Å². The third kappa shape index (κ3) is 4.62. The minimum Gasteiger partial charge on any atom is -0.352 e. The van der Waals surface area contributed by atoms with Crippen LogP contribution in [0.15, 0.2) is 36.7 Å². The highest BCUT2D eigenvalue weighted by Gasteiger charge is 2.01. The van der Waals surface area contributed by atoms with Gasteiger partial charge in [-0.15, -0.1) is 0 Å². The van der Waals surface area contributed by atoms with E-state index in [1.54, 1.807) is 0 Å². The number of carbonyl (C=O) groups is 1. The van der Waals surface area contributed by atoms with Gasteiger partial charge in [-0.05, 0) is 23.8 Å². The number of hydrogen-bond acceptors (Lipinski definition) is 1. The van der Waals surface area contributed by atoms with E-state index < -0.39 is 0 Å². The predicted molar refractivity (Wildman–Crippen MR) is 77.6 cm³/mol. The largest absolute Gasteiger partial charge is 0.352 e. The van der Waals surface area contributed by atoms with Crippen LogP contribution in [0.5, 0.6) is 0 Å². The first-order chi connectivity index (χ1) is 8.77. The number of amides is 1. The molecule has 1 N–H and O–H groups in total. The molecule has 0 unspecified atom stereocenters. The van der Waals surface area contributed by atoms with Crippen LogP contribution in [-0.4, -0.2) is 10.3 Å². The first-order valence-corrected chi connectivity index (χ1v) is 6.56. The maximum Gasteiger partial charge on any atom is 0.217 e.